The van der Waals surface area contributed by atoms with Gasteiger partial charge in [0.1, 0.15) is 0 Å². The van der Waals surface area contributed by atoms with Crippen molar-refractivity contribution in [2.45, 2.75) is 6.42 Å². The van der Waals surface area contributed by atoms with Crippen LogP contribution in [0.25, 0.3) is 78.1 Å². The molecule has 5 heteroatoms. The van der Waals surface area contributed by atoms with E-state index in [9.17, 15) is 0 Å². The van der Waals surface area contributed by atoms with Crippen LogP contribution in [0.4, 0.5) is 5.69 Å². The van der Waals surface area contributed by atoms with Crippen LogP contribution in [0.15, 0.2) is 195 Å². The summed E-state index contributed by atoms with van der Waals surface area (Å²) in [4.78, 5) is 15.4. The lowest BCUT2D eigenvalue weighted by Gasteiger charge is -2.17. The molecule has 0 unspecified atom stereocenters. The van der Waals surface area contributed by atoms with Crippen molar-refractivity contribution in [1.29, 1.82) is 0 Å². The molecular weight excluding hydrogens is 671 g/mol. The Balaban J connectivity index is 1.26. The normalized spacial score (nSPS) is 11.6. The molecule has 0 aliphatic rings. The van der Waals surface area contributed by atoms with E-state index < -0.39 is 0 Å². The van der Waals surface area contributed by atoms with E-state index in [1.54, 1.807) is 0 Å². The highest BCUT2D eigenvalue weighted by atomic mass is 15.0. The fourth-order valence-corrected chi connectivity index (χ4v) is 7.52. The maximum absolute atomic E-state index is 6.72. The molecule has 5 nitrogen and oxygen atoms in total. The number of nitrogens with zero attached hydrogens (tertiary/aromatic N) is 4. The predicted octanol–water partition coefficient (Wildman–Crippen LogP) is 12.0. The molecule has 0 aliphatic heterocycles. The van der Waals surface area contributed by atoms with Crippen LogP contribution in [-0.4, -0.2) is 19.5 Å². The first-order valence-electron chi connectivity index (χ1n) is 18.4. The van der Waals surface area contributed by atoms with E-state index in [2.05, 4.69) is 132 Å². The topological polar surface area (TPSA) is 69.6 Å². The number of nitrogens with two attached hydrogens (primary N) is 1. The van der Waals surface area contributed by atoms with Crippen LogP contribution in [0, 0.1) is 0 Å². The highest BCUT2D eigenvalue weighted by molar-refractivity contribution is 6.13. The smallest absolute Gasteiger partial charge is 0.164 e. The molecule has 9 aromatic rings. The van der Waals surface area contributed by atoms with Crippen molar-refractivity contribution in [3.63, 3.8) is 0 Å². The van der Waals surface area contributed by atoms with Crippen LogP contribution >= 0.6 is 0 Å². The standard InChI is InChI=1S/C50H37N5/c1-2-16-38(50-53-48(36-19-8-4-9-20-36)52-49(54-50)37-29-27-35(28-30-37)34-17-6-3-7-18-34)33-43-40(41-23-12-14-25-44(41)51)31-32-46-47(43)42-24-13-15-26-45(42)55(46)39-21-10-5-11-22-39/h2-32H,1,33,51H2/b38-16+. The number of hydrogen-bond donors (Lipinski definition) is 1. The van der Waals surface area contributed by atoms with Gasteiger partial charge in [-0.2, -0.15) is 0 Å². The number of benzene rings is 7. The number of aromatic nitrogens is 4. The lowest BCUT2D eigenvalue weighted by atomic mass is 9.90. The number of allylic oxidation sites excluding steroid dienone is 3. The highest BCUT2D eigenvalue weighted by Crippen LogP contribution is 2.42. The van der Waals surface area contributed by atoms with E-state index in [0.717, 1.165) is 77.7 Å². The second-order valence-corrected chi connectivity index (χ2v) is 13.5. The number of hydrogen-bond acceptors (Lipinski definition) is 4. The van der Waals surface area contributed by atoms with Crippen LogP contribution in [0.1, 0.15) is 11.4 Å². The zero-order chi connectivity index (χ0) is 37.1. The number of anilines is 1. The Morgan fingerprint density at radius 3 is 1.78 bits per heavy atom. The summed E-state index contributed by atoms with van der Waals surface area (Å²) in [5, 5.41) is 2.31. The van der Waals surface area contributed by atoms with Gasteiger partial charge in [0, 0.05) is 50.8 Å². The summed E-state index contributed by atoms with van der Waals surface area (Å²) in [6.07, 6.45) is 4.36. The Bertz CT molecular complexity index is 2840. The summed E-state index contributed by atoms with van der Waals surface area (Å²) in [7, 11) is 0. The largest absolute Gasteiger partial charge is 0.398 e. The number of rotatable bonds is 9. The van der Waals surface area contributed by atoms with Crippen molar-refractivity contribution in [2.24, 2.45) is 0 Å². The average molecular weight is 708 g/mol. The molecule has 0 aliphatic carbocycles. The van der Waals surface area contributed by atoms with Gasteiger partial charge in [0.25, 0.3) is 0 Å². The van der Waals surface area contributed by atoms with Gasteiger partial charge < -0.3 is 10.3 Å². The fraction of sp³-hybridized carbons (Fsp3) is 0.0200. The van der Waals surface area contributed by atoms with E-state index in [0.29, 0.717) is 23.9 Å². The Labute approximate surface area is 320 Å². The molecule has 7 aromatic carbocycles. The van der Waals surface area contributed by atoms with Gasteiger partial charge in [-0.1, -0.05) is 164 Å². The molecule has 0 saturated heterocycles. The molecule has 2 aromatic heterocycles. The number of para-hydroxylation sites is 3. The average Bonchev–Trinajstić information content (AvgIpc) is 3.59. The van der Waals surface area contributed by atoms with Crippen LogP contribution < -0.4 is 5.73 Å². The monoisotopic (exact) mass is 707 g/mol. The van der Waals surface area contributed by atoms with Crippen molar-refractivity contribution in [1.82, 2.24) is 19.5 Å². The predicted molar refractivity (Wildman–Crippen MR) is 229 cm³/mol. The van der Waals surface area contributed by atoms with Gasteiger partial charge in [0.05, 0.1) is 11.0 Å². The maximum Gasteiger partial charge on any atom is 0.164 e. The van der Waals surface area contributed by atoms with E-state index in [1.807, 2.05) is 66.7 Å². The summed E-state index contributed by atoms with van der Waals surface area (Å²) < 4.78 is 2.34. The zero-order valence-corrected chi connectivity index (χ0v) is 30.2. The van der Waals surface area contributed by atoms with E-state index >= 15 is 0 Å². The van der Waals surface area contributed by atoms with Crippen LogP contribution in [0.5, 0.6) is 0 Å². The van der Waals surface area contributed by atoms with Gasteiger partial charge in [0.2, 0.25) is 0 Å². The van der Waals surface area contributed by atoms with Crippen LogP contribution in [0.2, 0.25) is 0 Å². The second kappa shape index (κ2) is 14.6. The quantitative estimate of drug-likeness (QED) is 0.120. The van der Waals surface area contributed by atoms with Gasteiger partial charge in [-0.15, -0.1) is 0 Å². The minimum absolute atomic E-state index is 0.514. The van der Waals surface area contributed by atoms with E-state index in [-0.39, 0.29) is 0 Å². The molecule has 0 saturated carbocycles. The summed E-state index contributed by atoms with van der Waals surface area (Å²) in [5.74, 6) is 1.80. The van der Waals surface area contributed by atoms with Crippen molar-refractivity contribution in [2.75, 3.05) is 5.73 Å². The first kappa shape index (κ1) is 33.5. The molecule has 0 bridgehead atoms. The third-order valence-corrected chi connectivity index (χ3v) is 10.1. The third kappa shape index (κ3) is 6.38. The zero-order valence-electron chi connectivity index (χ0n) is 30.2. The van der Waals surface area contributed by atoms with Crippen molar-refractivity contribution in [3.05, 3.63) is 206 Å². The number of nitrogen functional groups attached to an aromatic ring is 1. The molecule has 2 N–H and O–H groups in total. The lowest BCUT2D eigenvalue weighted by Crippen LogP contribution is -2.05. The second-order valence-electron chi connectivity index (χ2n) is 13.5. The SMILES string of the molecule is C=C/C=C(\Cc1c(-c2ccccc2N)ccc2c1c1ccccc1n2-c1ccccc1)c1nc(-c2ccccc2)nc(-c2ccc(-c3ccccc3)cc2)n1. The molecule has 0 radical (unpaired) electrons. The van der Waals surface area contributed by atoms with Crippen LogP contribution in [-0.2, 0) is 6.42 Å². The lowest BCUT2D eigenvalue weighted by molar-refractivity contribution is 1.02. The molecule has 0 atom stereocenters. The molecule has 0 spiro atoms. The van der Waals surface area contributed by atoms with E-state index in [4.69, 9.17) is 20.7 Å². The summed E-state index contributed by atoms with van der Waals surface area (Å²) in [6.45, 7) is 4.15. The first-order chi connectivity index (χ1) is 27.2. The van der Waals surface area contributed by atoms with Gasteiger partial charge in [-0.25, -0.2) is 15.0 Å². The fourth-order valence-electron chi connectivity index (χ4n) is 7.52. The third-order valence-electron chi connectivity index (χ3n) is 10.1. The van der Waals surface area contributed by atoms with Crippen molar-refractivity contribution < 1.29 is 0 Å². The van der Waals surface area contributed by atoms with Gasteiger partial charge in [-0.05, 0) is 52.6 Å². The van der Waals surface area contributed by atoms with Gasteiger partial charge >= 0.3 is 0 Å². The maximum atomic E-state index is 6.72. The Morgan fingerprint density at radius 2 is 1.09 bits per heavy atom. The Hall–Kier alpha value is -7.37. The molecule has 9 rings (SSSR count). The minimum atomic E-state index is 0.514. The summed E-state index contributed by atoms with van der Waals surface area (Å²) in [5.41, 5.74) is 19.0. The Kier molecular flexibility index (Phi) is 8.87. The molecule has 262 valence electrons. The Morgan fingerprint density at radius 1 is 0.527 bits per heavy atom. The van der Waals surface area contributed by atoms with Gasteiger partial charge in [0.15, 0.2) is 17.5 Å². The van der Waals surface area contributed by atoms with Crippen molar-refractivity contribution in [3.8, 4) is 50.7 Å². The molecular formula is C50H37N5. The summed E-state index contributed by atoms with van der Waals surface area (Å²) in [6, 6.07) is 60.5. The highest BCUT2D eigenvalue weighted by Gasteiger charge is 2.22. The van der Waals surface area contributed by atoms with Gasteiger partial charge in [-0.3, -0.25) is 0 Å². The number of fused-ring (bicyclic) bond motifs is 3. The van der Waals surface area contributed by atoms with Crippen LogP contribution in [0.3, 0.4) is 0 Å². The molecule has 0 fully saturated rings. The minimum Gasteiger partial charge on any atom is -0.398 e. The van der Waals surface area contributed by atoms with Crippen molar-refractivity contribution >= 4 is 33.1 Å². The summed E-state index contributed by atoms with van der Waals surface area (Å²) >= 11 is 0. The van der Waals surface area contributed by atoms with E-state index in [1.165, 1.54) is 0 Å². The first-order valence-corrected chi connectivity index (χ1v) is 18.4. The molecule has 0 amide bonds. The molecule has 55 heavy (non-hydrogen) atoms. The molecule has 2 heterocycles.